The van der Waals surface area contributed by atoms with Crippen LogP contribution in [0.3, 0.4) is 0 Å². The molecule has 1 amide bonds. The van der Waals surface area contributed by atoms with Crippen molar-refractivity contribution in [3.8, 4) is 11.6 Å². The number of hydrogen-bond donors (Lipinski definition) is 0. The first-order valence-electron chi connectivity index (χ1n) is 15.1. The number of carbonyl (C=O) groups is 2. The minimum Gasteiger partial charge on any atom is -0.465 e. The Morgan fingerprint density at radius 2 is 1.80 bits per heavy atom. The Bertz CT molecular complexity index is 1420. The van der Waals surface area contributed by atoms with Crippen LogP contribution in [0.1, 0.15) is 74.4 Å². The molecule has 45 heavy (non-hydrogen) atoms. The minimum atomic E-state index is -4.85. The molecule has 0 spiro atoms. The number of benzene rings is 1. The Hall–Kier alpha value is -3.35. The Kier molecular flexibility index (Phi) is 11.0. The van der Waals surface area contributed by atoms with E-state index >= 15 is 4.39 Å². The fraction of sp³-hybridized carbons (Fsp3) is 0.562. The molecule has 1 aromatic carbocycles. The van der Waals surface area contributed by atoms with Gasteiger partial charge in [-0.25, -0.2) is 14.2 Å². The van der Waals surface area contributed by atoms with Crippen molar-refractivity contribution in [3.05, 3.63) is 46.9 Å². The van der Waals surface area contributed by atoms with Gasteiger partial charge in [-0.1, -0.05) is 18.7 Å². The van der Waals surface area contributed by atoms with E-state index in [1.54, 1.807) is 25.6 Å². The number of pyridine rings is 1. The average molecular weight is 653 g/mol. The maximum absolute atomic E-state index is 15.6. The standard InChI is InChI=1S/C32H40F4N4O4S/c1-18(2)40(29(41)21-10-7-19(3)8-11-21)26-15-25(33)27(14-23(26)30(42)43-6)44-28-24(32(34,35)36)13-20(16-37-28)9-12-22-17-45-31(38-22)39(4)5/h13-16,18-19,21-22H,7-12,17H2,1-6H3. The summed E-state index contributed by atoms with van der Waals surface area (Å²) in [5.74, 6) is -2.75. The van der Waals surface area contributed by atoms with Crippen LogP contribution in [0.25, 0.3) is 0 Å². The second-order valence-corrected chi connectivity index (χ2v) is 13.1. The Morgan fingerprint density at radius 3 is 2.38 bits per heavy atom. The van der Waals surface area contributed by atoms with Gasteiger partial charge >= 0.3 is 12.1 Å². The lowest BCUT2D eigenvalue weighted by atomic mass is 9.82. The quantitative estimate of drug-likeness (QED) is 0.207. The van der Waals surface area contributed by atoms with Gasteiger partial charge in [-0.05, 0) is 69.9 Å². The van der Waals surface area contributed by atoms with Crippen LogP contribution in [-0.4, -0.2) is 66.0 Å². The summed E-state index contributed by atoms with van der Waals surface area (Å²) in [6.07, 6.45) is 0.363. The molecule has 1 atom stereocenters. The van der Waals surface area contributed by atoms with Crippen LogP contribution in [0.5, 0.6) is 11.6 Å². The summed E-state index contributed by atoms with van der Waals surface area (Å²) in [7, 11) is 4.89. The van der Waals surface area contributed by atoms with E-state index in [1.807, 2.05) is 19.0 Å². The number of ether oxygens (including phenoxy) is 2. The number of halogens is 4. The molecular formula is C32H40F4N4O4S. The summed E-state index contributed by atoms with van der Waals surface area (Å²) in [6.45, 7) is 5.61. The van der Waals surface area contributed by atoms with Crippen molar-refractivity contribution in [2.45, 2.75) is 77.6 Å². The monoisotopic (exact) mass is 652 g/mol. The van der Waals surface area contributed by atoms with E-state index in [2.05, 4.69) is 16.9 Å². The fourth-order valence-corrected chi connectivity index (χ4v) is 6.66. The predicted molar refractivity (Wildman–Crippen MR) is 166 cm³/mol. The van der Waals surface area contributed by atoms with E-state index in [-0.39, 0.29) is 29.1 Å². The molecule has 0 saturated heterocycles. The number of thioether (sulfide) groups is 1. The number of carbonyl (C=O) groups excluding carboxylic acids is 2. The van der Waals surface area contributed by atoms with Crippen LogP contribution < -0.4 is 9.64 Å². The molecule has 13 heteroatoms. The van der Waals surface area contributed by atoms with Gasteiger partial charge in [0, 0.05) is 50.1 Å². The van der Waals surface area contributed by atoms with Gasteiger partial charge in [0.05, 0.1) is 24.4 Å². The van der Waals surface area contributed by atoms with E-state index in [9.17, 15) is 22.8 Å². The number of aromatic nitrogens is 1. The number of aryl methyl sites for hydroxylation is 1. The SMILES string of the molecule is COC(=O)c1cc(Oc2ncc(CCC3CSC(N(C)C)=N3)cc2C(F)(F)F)c(F)cc1N(C(=O)C1CCC(C)CC1)C(C)C. The van der Waals surface area contributed by atoms with E-state index < -0.39 is 41.2 Å². The maximum Gasteiger partial charge on any atom is 0.421 e. The van der Waals surface area contributed by atoms with Crippen molar-refractivity contribution in [3.63, 3.8) is 0 Å². The molecule has 2 aliphatic rings. The Morgan fingerprint density at radius 1 is 1.11 bits per heavy atom. The van der Waals surface area contributed by atoms with Crippen molar-refractivity contribution in [1.82, 2.24) is 9.88 Å². The van der Waals surface area contributed by atoms with Crippen molar-refractivity contribution < 1.29 is 36.6 Å². The lowest BCUT2D eigenvalue weighted by molar-refractivity contribution is -0.139. The van der Waals surface area contributed by atoms with Crippen LogP contribution >= 0.6 is 11.8 Å². The molecule has 1 aliphatic carbocycles. The first kappa shape index (κ1) is 34.5. The van der Waals surface area contributed by atoms with Gasteiger partial charge in [0.25, 0.3) is 0 Å². The predicted octanol–water partition coefficient (Wildman–Crippen LogP) is 7.35. The molecule has 0 radical (unpaired) electrons. The highest BCUT2D eigenvalue weighted by Gasteiger charge is 2.37. The number of amides is 1. The molecule has 4 rings (SSSR count). The van der Waals surface area contributed by atoms with Gasteiger partial charge in [-0.3, -0.25) is 9.79 Å². The zero-order valence-corrected chi connectivity index (χ0v) is 27.2. The molecule has 1 saturated carbocycles. The van der Waals surface area contributed by atoms with Crippen molar-refractivity contribution in [1.29, 1.82) is 0 Å². The largest absolute Gasteiger partial charge is 0.465 e. The summed E-state index contributed by atoms with van der Waals surface area (Å²) < 4.78 is 68.4. The number of rotatable bonds is 9. The van der Waals surface area contributed by atoms with Crippen LogP contribution in [0.2, 0.25) is 0 Å². The van der Waals surface area contributed by atoms with Crippen LogP contribution in [-0.2, 0) is 22.1 Å². The van der Waals surface area contributed by atoms with Crippen LogP contribution in [0.4, 0.5) is 23.2 Å². The number of hydrogen-bond acceptors (Lipinski definition) is 8. The smallest absolute Gasteiger partial charge is 0.421 e. The number of esters is 1. The molecular weight excluding hydrogens is 612 g/mol. The number of nitrogens with zero attached hydrogens (tertiary/aromatic N) is 4. The van der Waals surface area contributed by atoms with Gasteiger partial charge in [0.1, 0.15) is 5.56 Å². The van der Waals surface area contributed by atoms with Crippen LogP contribution in [0.15, 0.2) is 29.4 Å². The van der Waals surface area contributed by atoms with Gasteiger partial charge in [0.2, 0.25) is 11.8 Å². The zero-order chi connectivity index (χ0) is 33.1. The van der Waals surface area contributed by atoms with Crippen molar-refractivity contribution in [2.75, 3.05) is 31.9 Å². The summed E-state index contributed by atoms with van der Waals surface area (Å²) in [4.78, 5) is 38.3. The molecule has 1 unspecified atom stereocenters. The summed E-state index contributed by atoms with van der Waals surface area (Å²) in [6, 6.07) is 2.38. The highest BCUT2D eigenvalue weighted by molar-refractivity contribution is 8.14. The first-order chi connectivity index (χ1) is 21.2. The van der Waals surface area contributed by atoms with Crippen molar-refractivity contribution in [2.24, 2.45) is 16.8 Å². The highest BCUT2D eigenvalue weighted by atomic mass is 32.2. The normalized spacial score (nSPS) is 20.2. The topological polar surface area (TPSA) is 84.3 Å². The third kappa shape index (κ3) is 8.28. The highest BCUT2D eigenvalue weighted by Crippen LogP contribution is 2.40. The third-order valence-electron chi connectivity index (χ3n) is 8.10. The molecule has 0 N–H and O–H groups in total. The molecule has 1 fully saturated rings. The van der Waals surface area contributed by atoms with E-state index in [0.29, 0.717) is 37.2 Å². The number of anilines is 1. The second kappa shape index (κ2) is 14.4. The fourth-order valence-electron chi connectivity index (χ4n) is 5.60. The third-order valence-corrected chi connectivity index (χ3v) is 9.38. The zero-order valence-electron chi connectivity index (χ0n) is 26.4. The van der Waals surface area contributed by atoms with Gasteiger partial charge in [-0.2, -0.15) is 13.2 Å². The summed E-state index contributed by atoms with van der Waals surface area (Å²) in [5.41, 5.74) is -1.08. The van der Waals surface area contributed by atoms with Crippen LogP contribution in [0, 0.1) is 17.7 Å². The lowest BCUT2D eigenvalue weighted by Gasteiger charge is -2.34. The Balaban J connectivity index is 1.64. The molecule has 246 valence electrons. The molecule has 1 aliphatic heterocycles. The van der Waals surface area contributed by atoms with Crippen molar-refractivity contribution >= 4 is 34.5 Å². The maximum atomic E-state index is 15.6. The lowest BCUT2D eigenvalue weighted by Crippen LogP contribution is -2.43. The average Bonchev–Trinajstić information content (AvgIpc) is 3.47. The number of methoxy groups -OCH3 is 1. The molecule has 2 heterocycles. The molecule has 2 aromatic rings. The van der Waals surface area contributed by atoms with E-state index in [0.717, 1.165) is 49.1 Å². The number of alkyl halides is 3. The summed E-state index contributed by atoms with van der Waals surface area (Å²) in [5, 5.41) is 0.877. The molecule has 8 nitrogen and oxygen atoms in total. The number of aliphatic imine (C=N–C) groups is 1. The number of amidine groups is 1. The second-order valence-electron chi connectivity index (χ2n) is 12.2. The van der Waals surface area contributed by atoms with Gasteiger partial charge in [0.15, 0.2) is 16.7 Å². The Labute approximate surface area is 265 Å². The van der Waals surface area contributed by atoms with E-state index in [4.69, 9.17) is 9.47 Å². The molecule has 0 bridgehead atoms. The molecule has 1 aromatic heterocycles. The summed E-state index contributed by atoms with van der Waals surface area (Å²) >= 11 is 1.59. The van der Waals surface area contributed by atoms with Gasteiger partial charge < -0.3 is 19.3 Å². The first-order valence-corrected chi connectivity index (χ1v) is 16.0. The van der Waals surface area contributed by atoms with E-state index in [1.165, 1.54) is 11.1 Å². The van der Waals surface area contributed by atoms with Gasteiger partial charge in [-0.15, -0.1) is 0 Å². The minimum absolute atomic E-state index is 0.0269.